The first-order valence-corrected chi connectivity index (χ1v) is 5.25. The molecule has 0 saturated carbocycles. The lowest BCUT2D eigenvalue weighted by atomic mass is 10.2. The van der Waals surface area contributed by atoms with Gasteiger partial charge in [0, 0.05) is 4.47 Å². The molecule has 1 aromatic carbocycles. The maximum atomic E-state index is 8.83. The van der Waals surface area contributed by atoms with Crippen molar-refractivity contribution in [1.82, 2.24) is 0 Å². The summed E-state index contributed by atoms with van der Waals surface area (Å²) in [4.78, 5) is 0. The monoisotopic (exact) mass is 253 g/mol. The van der Waals surface area contributed by atoms with Crippen LogP contribution in [0.4, 0.5) is 0 Å². The zero-order valence-corrected chi connectivity index (χ0v) is 9.84. The molecule has 0 aliphatic heterocycles. The Bertz CT molecular complexity index is 355. The molecular formula is C11H12BrNO. The molecule has 0 aromatic heterocycles. The lowest BCUT2D eigenvalue weighted by Crippen LogP contribution is -2.05. The Morgan fingerprint density at radius 1 is 1.50 bits per heavy atom. The molecule has 0 radical (unpaired) electrons. The second-order valence-electron chi connectivity index (χ2n) is 3.46. The molecule has 0 aliphatic carbocycles. The highest BCUT2D eigenvalue weighted by Crippen LogP contribution is 2.23. The van der Waals surface area contributed by atoms with E-state index in [2.05, 4.69) is 35.8 Å². The second-order valence-corrected chi connectivity index (χ2v) is 4.37. The Balaban J connectivity index is 2.84. The largest absolute Gasteiger partial charge is 0.492 e. The molecule has 14 heavy (non-hydrogen) atoms. The molecule has 0 saturated heterocycles. The highest BCUT2D eigenvalue weighted by molar-refractivity contribution is 9.10. The van der Waals surface area contributed by atoms with Gasteiger partial charge in [-0.2, -0.15) is 5.26 Å². The van der Waals surface area contributed by atoms with Crippen LogP contribution in [0, 0.1) is 17.2 Å². The summed E-state index contributed by atoms with van der Waals surface area (Å²) in [5.74, 6) is 1.11. The zero-order valence-electron chi connectivity index (χ0n) is 8.25. The summed E-state index contributed by atoms with van der Waals surface area (Å²) in [5.41, 5.74) is 0.578. The molecule has 3 heteroatoms. The van der Waals surface area contributed by atoms with Gasteiger partial charge in [-0.15, -0.1) is 0 Å². The first kappa shape index (κ1) is 11.1. The van der Waals surface area contributed by atoms with E-state index < -0.39 is 0 Å². The van der Waals surface area contributed by atoms with E-state index >= 15 is 0 Å². The highest BCUT2D eigenvalue weighted by Gasteiger charge is 2.04. The fraction of sp³-hybridized carbons (Fsp3) is 0.364. The molecule has 74 valence electrons. The third kappa shape index (κ3) is 3.04. The van der Waals surface area contributed by atoms with E-state index in [9.17, 15) is 0 Å². The van der Waals surface area contributed by atoms with Crippen LogP contribution in [0.15, 0.2) is 22.7 Å². The number of nitrogens with zero attached hydrogens (tertiary/aromatic N) is 1. The quantitative estimate of drug-likeness (QED) is 0.828. The molecule has 0 atom stereocenters. The van der Waals surface area contributed by atoms with Crippen LogP contribution in [0.3, 0.4) is 0 Å². The lowest BCUT2D eigenvalue weighted by molar-refractivity contribution is 0.270. The van der Waals surface area contributed by atoms with Crippen molar-refractivity contribution in [2.24, 2.45) is 5.92 Å². The van der Waals surface area contributed by atoms with Crippen LogP contribution < -0.4 is 4.74 Å². The van der Waals surface area contributed by atoms with Crippen LogP contribution in [-0.4, -0.2) is 6.61 Å². The van der Waals surface area contributed by atoms with Gasteiger partial charge in [0.2, 0.25) is 0 Å². The van der Waals surface area contributed by atoms with Gasteiger partial charge in [0.25, 0.3) is 0 Å². The van der Waals surface area contributed by atoms with Crippen LogP contribution in [-0.2, 0) is 0 Å². The Morgan fingerprint density at radius 2 is 2.21 bits per heavy atom. The van der Waals surface area contributed by atoms with Crippen molar-refractivity contribution in [2.75, 3.05) is 6.61 Å². The van der Waals surface area contributed by atoms with Gasteiger partial charge in [-0.1, -0.05) is 29.8 Å². The van der Waals surface area contributed by atoms with Crippen molar-refractivity contribution in [2.45, 2.75) is 13.8 Å². The van der Waals surface area contributed by atoms with E-state index in [0.717, 1.165) is 4.47 Å². The number of ether oxygens (including phenoxy) is 1. The third-order valence-electron chi connectivity index (χ3n) is 1.64. The van der Waals surface area contributed by atoms with Gasteiger partial charge in [-0.25, -0.2) is 0 Å². The van der Waals surface area contributed by atoms with Gasteiger partial charge in [-0.3, -0.25) is 0 Å². The number of hydrogen-bond acceptors (Lipinski definition) is 2. The lowest BCUT2D eigenvalue weighted by Gasteiger charge is -2.09. The van der Waals surface area contributed by atoms with E-state index in [-0.39, 0.29) is 0 Å². The van der Waals surface area contributed by atoms with Crippen LogP contribution in [0.1, 0.15) is 19.4 Å². The minimum absolute atomic E-state index is 0.459. The maximum Gasteiger partial charge on any atom is 0.138 e. The van der Waals surface area contributed by atoms with Crippen molar-refractivity contribution in [3.05, 3.63) is 28.2 Å². The van der Waals surface area contributed by atoms with Crippen molar-refractivity contribution < 1.29 is 4.74 Å². The van der Waals surface area contributed by atoms with Crippen LogP contribution >= 0.6 is 15.9 Å². The molecule has 0 N–H and O–H groups in total. The van der Waals surface area contributed by atoms with Gasteiger partial charge >= 0.3 is 0 Å². The highest BCUT2D eigenvalue weighted by atomic mass is 79.9. The van der Waals surface area contributed by atoms with Crippen LogP contribution in [0.2, 0.25) is 0 Å². The minimum Gasteiger partial charge on any atom is -0.492 e. The number of benzene rings is 1. The number of nitriles is 1. The number of rotatable bonds is 3. The van der Waals surface area contributed by atoms with E-state index in [0.29, 0.717) is 23.8 Å². The Labute approximate surface area is 92.6 Å². The van der Waals surface area contributed by atoms with E-state index in [1.54, 1.807) is 6.07 Å². The van der Waals surface area contributed by atoms with Gasteiger partial charge in [0.15, 0.2) is 0 Å². The van der Waals surface area contributed by atoms with E-state index in [1.807, 2.05) is 12.1 Å². The Kier molecular flexibility index (Phi) is 3.97. The van der Waals surface area contributed by atoms with Gasteiger partial charge in [0.1, 0.15) is 11.8 Å². The molecule has 0 amide bonds. The Hall–Kier alpha value is -1.01. The molecule has 0 spiro atoms. The van der Waals surface area contributed by atoms with E-state index in [1.165, 1.54) is 0 Å². The predicted molar refractivity (Wildman–Crippen MR) is 59.2 cm³/mol. The third-order valence-corrected chi connectivity index (χ3v) is 2.13. The molecule has 0 aliphatic rings. The minimum atomic E-state index is 0.459. The van der Waals surface area contributed by atoms with Gasteiger partial charge in [-0.05, 0) is 24.1 Å². The summed E-state index contributed by atoms with van der Waals surface area (Å²) < 4.78 is 6.44. The normalized spacial score (nSPS) is 9.93. The standard InChI is InChI=1S/C11H12BrNO/c1-8(2)7-14-11-5-10(12)4-3-9(11)6-13/h3-5,8H,7H2,1-2H3. The maximum absolute atomic E-state index is 8.83. The van der Waals surface area contributed by atoms with Crippen molar-refractivity contribution in [1.29, 1.82) is 5.26 Å². The average Bonchev–Trinajstić information content (AvgIpc) is 2.15. The smallest absolute Gasteiger partial charge is 0.138 e. The van der Waals surface area contributed by atoms with Crippen molar-refractivity contribution in [3.8, 4) is 11.8 Å². The second kappa shape index (κ2) is 5.02. The molecule has 0 heterocycles. The molecular weight excluding hydrogens is 242 g/mol. The molecule has 1 aromatic rings. The summed E-state index contributed by atoms with van der Waals surface area (Å²) in [6.07, 6.45) is 0. The van der Waals surface area contributed by atoms with Crippen LogP contribution in [0.5, 0.6) is 5.75 Å². The summed E-state index contributed by atoms with van der Waals surface area (Å²) >= 11 is 3.34. The van der Waals surface area contributed by atoms with Crippen molar-refractivity contribution >= 4 is 15.9 Å². The summed E-state index contributed by atoms with van der Waals surface area (Å²) in [6.45, 7) is 4.78. The molecule has 0 bridgehead atoms. The fourth-order valence-corrected chi connectivity index (χ4v) is 1.30. The van der Waals surface area contributed by atoms with E-state index in [4.69, 9.17) is 10.00 Å². The topological polar surface area (TPSA) is 33.0 Å². The zero-order chi connectivity index (χ0) is 10.6. The summed E-state index contributed by atoms with van der Waals surface area (Å²) in [6, 6.07) is 7.50. The predicted octanol–water partition coefficient (Wildman–Crippen LogP) is 3.36. The van der Waals surface area contributed by atoms with Crippen LogP contribution in [0.25, 0.3) is 0 Å². The Morgan fingerprint density at radius 3 is 2.79 bits per heavy atom. The molecule has 0 fully saturated rings. The summed E-state index contributed by atoms with van der Waals surface area (Å²) in [5, 5.41) is 8.83. The first-order valence-electron chi connectivity index (χ1n) is 4.46. The average molecular weight is 254 g/mol. The van der Waals surface area contributed by atoms with Gasteiger partial charge in [0.05, 0.1) is 12.2 Å². The van der Waals surface area contributed by atoms with Crippen molar-refractivity contribution in [3.63, 3.8) is 0 Å². The fourth-order valence-electron chi connectivity index (χ4n) is 0.964. The molecule has 1 rings (SSSR count). The molecule has 2 nitrogen and oxygen atoms in total. The number of hydrogen-bond donors (Lipinski definition) is 0. The number of halogens is 1. The first-order chi connectivity index (χ1) is 6.63. The molecule has 0 unspecified atom stereocenters. The summed E-state index contributed by atoms with van der Waals surface area (Å²) in [7, 11) is 0. The van der Waals surface area contributed by atoms with Gasteiger partial charge < -0.3 is 4.74 Å². The SMILES string of the molecule is CC(C)COc1cc(Br)ccc1C#N.